The van der Waals surface area contributed by atoms with E-state index < -0.39 is 6.10 Å². The summed E-state index contributed by atoms with van der Waals surface area (Å²) in [6.45, 7) is 5.77. The standard InChI is InChI=1S/C23H32N2O5/c1-27-22-9-5-6-19(16-24-10-13-29-21-7-3-2-4-8-21)23(22)30-18-20(26)17-25-11-14-28-15-12-25/h2-9,20,24,26H,10-18H2,1H3/t20-/m0/s1. The first kappa shape index (κ1) is 22.4. The Balaban J connectivity index is 1.47. The number of nitrogens with zero attached hydrogens (tertiary/aromatic N) is 1. The lowest BCUT2D eigenvalue weighted by Gasteiger charge is -2.28. The zero-order chi connectivity index (χ0) is 21.0. The lowest BCUT2D eigenvalue weighted by atomic mass is 10.2. The molecule has 0 spiro atoms. The van der Waals surface area contributed by atoms with Gasteiger partial charge >= 0.3 is 0 Å². The Hall–Kier alpha value is -2.32. The van der Waals surface area contributed by atoms with Crippen molar-refractivity contribution in [1.82, 2.24) is 10.2 Å². The molecule has 30 heavy (non-hydrogen) atoms. The fraction of sp³-hybridized carbons (Fsp3) is 0.478. The zero-order valence-corrected chi connectivity index (χ0v) is 17.6. The number of ether oxygens (including phenoxy) is 4. The third-order valence-electron chi connectivity index (χ3n) is 4.88. The van der Waals surface area contributed by atoms with Crippen molar-refractivity contribution in [2.75, 3.05) is 59.7 Å². The Labute approximate surface area is 178 Å². The van der Waals surface area contributed by atoms with Crippen LogP contribution < -0.4 is 19.5 Å². The van der Waals surface area contributed by atoms with Gasteiger partial charge in [-0.1, -0.05) is 30.3 Å². The molecule has 1 aliphatic rings. The van der Waals surface area contributed by atoms with Crippen molar-refractivity contribution in [3.05, 3.63) is 54.1 Å². The van der Waals surface area contributed by atoms with E-state index in [-0.39, 0.29) is 6.61 Å². The third kappa shape index (κ3) is 7.18. The third-order valence-corrected chi connectivity index (χ3v) is 4.88. The molecule has 0 radical (unpaired) electrons. The van der Waals surface area contributed by atoms with E-state index in [1.807, 2.05) is 48.5 Å². The van der Waals surface area contributed by atoms with Gasteiger partial charge < -0.3 is 29.4 Å². The molecule has 0 amide bonds. The van der Waals surface area contributed by atoms with Crippen molar-refractivity contribution in [1.29, 1.82) is 0 Å². The summed E-state index contributed by atoms with van der Waals surface area (Å²) in [6, 6.07) is 15.6. The fourth-order valence-corrected chi connectivity index (χ4v) is 3.32. The SMILES string of the molecule is COc1cccc(CNCCOc2ccccc2)c1OC[C@@H](O)CN1CCOCC1. The fourth-order valence-electron chi connectivity index (χ4n) is 3.32. The van der Waals surface area contributed by atoms with Gasteiger partial charge in [-0.15, -0.1) is 0 Å². The first-order valence-corrected chi connectivity index (χ1v) is 10.4. The maximum atomic E-state index is 10.4. The minimum atomic E-state index is -0.576. The van der Waals surface area contributed by atoms with Crippen molar-refractivity contribution in [2.45, 2.75) is 12.6 Å². The molecule has 164 valence electrons. The average Bonchev–Trinajstić information content (AvgIpc) is 2.79. The first-order chi connectivity index (χ1) is 14.8. The molecule has 0 saturated carbocycles. The zero-order valence-electron chi connectivity index (χ0n) is 17.6. The second-order valence-electron chi connectivity index (χ2n) is 7.16. The smallest absolute Gasteiger partial charge is 0.165 e. The summed E-state index contributed by atoms with van der Waals surface area (Å²) in [6.07, 6.45) is -0.576. The Kier molecular flexibility index (Phi) is 9.24. The first-order valence-electron chi connectivity index (χ1n) is 10.4. The summed E-state index contributed by atoms with van der Waals surface area (Å²) in [7, 11) is 1.62. The van der Waals surface area contributed by atoms with Crippen LogP contribution >= 0.6 is 0 Å². The number of hydrogen-bond acceptors (Lipinski definition) is 7. The van der Waals surface area contributed by atoms with E-state index in [0.29, 0.717) is 51.0 Å². The van der Waals surface area contributed by atoms with E-state index in [1.54, 1.807) is 7.11 Å². The van der Waals surface area contributed by atoms with Gasteiger partial charge in [-0.3, -0.25) is 4.90 Å². The maximum absolute atomic E-state index is 10.4. The number of para-hydroxylation sites is 2. The second-order valence-corrected chi connectivity index (χ2v) is 7.16. The van der Waals surface area contributed by atoms with Crippen LogP contribution in [0.4, 0.5) is 0 Å². The van der Waals surface area contributed by atoms with Gasteiger partial charge in [-0.05, 0) is 18.2 Å². The molecule has 0 unspecified atom stereocenters. The van der Waals surface area contributed by atoms with Crippen LogP contribution in [0.15, 0.2) is 48.5 Å². The largest absolute Gasteiger partial charge is 0.493 e. The Morgan fingerprint density at radius 1 is 1.07 bits per heavy atom. The summed E-state index contributed by atoms with van der Waals surface area (Å²) in [5, 5.41) is 13.8. The summed E-state index contributed by atoms with van der Waals surface area (Å²) in [5.74, 6) is 2.19. The Morgan fingerprint density at radius 3 is 2.63 bits per heavy atom. The van der Waals surface area contributed by atoms with E-state index >= 15 is 0 Å². The average molecular weight is 417 g/mol. The van der Waals surface area contributed by atoms with E-state index in [2.05, 4.69) is 10.2 Å². The summed E-state index contributed by atoms with van der Waals surface area (Å²) in [5.41, 5.74) is 0.979. The molecule has 1 atom stereocenters. The molecule has 1 heterocycles. The van der Waals surface area contributed by atoms with Crippen molar-refractivity contribution in [3.8, 4) is 17.2 Å². The van der Waals surface area contributed by atoms with Crippen molar-refractivity contribution >= 4 is 0 Å². The predicted molar refractivity (Wildman–Crippen MR) is 115 cm³/mol. The molecule has 0 aliphatic carbocycles. The molecule has 7 heteroatoms. The summed E-state index contributed by atoms with van der Waals surface area (Å²) < 4.78 is 22.5. The molecule has 3 rings (SSSR count). The highest BCUT2D eigenvalue weighted by atomic mass is 16.5. The van der Waals surface area contributed by atoms with Crippen LogP contribution in [-0.2, 0) is 11.3 Å². The van der Waals surface area contributed by atoms with Crippen LogP contribution in [0, 0.1) is 0 Å². The van der Waals surface area contributed by atoms with Gasteiger partial charge in [-0.25, -0.2) is 0 Å². The van der Waals surface area contributed by atoms with Crippen LogP contribution in [-0.4, -0.2) is 75.8 Å². The Bertz CT molecular complexity index is 738. The van der Waals surface area contributed by atoms with Crippen LogP contribution in [0.1, 0.15) is 5.56 Å². The van der Waals surface area contributed by atoms with Gasteiger partial charge in [-0.2, -0.15) is 0 Å². The van der Waals surface area contributed by atoms with Crippen LogP contribution in [0.25, 0.3) is 0 Å². The number of benzene rings is 2. The van der Waals surface area contributed by atoms with Crippen molar-refractivity contribution in [2.24, 2.45) is 0 Å². The predicted octanol–water partition coefficient (Wildman–Crippen LogP) is 1.94. The number of aliphatic hydroxyl groups excluding tert-OH is 1. The Morgan fingerprint density at radius 2 is 1.87 bits per heavy atom. The number of nitrogens with one attached hydrogen (secondary N) is 1. The van der Waals surface area contributed by atoms with E-state index in [0.717, 1.165) is 24.4 Å². The minimum absolute atomic E-state index is 0.210. The highest BCUT2D eigenvalue weighted by Crippen LogP contribution is 2.31. The van der Waals surface area contributed by atoms with E-state index in [1.165, 1.54) is 0 Å². The van der Waals surface area contributed by atoms with Crippen LogP contribution in [0.2, 0.25) is 0 Å². The molecule has 7 nitrogen and oxygen atoms in total. The number of aliphatic hydroxyl groups is 1. The van der Waals surface area contributed by atoms with Gasteiger partial charge in [0.05, 0.1) is 20.3 Å². The maximum Gasteiger partial charge on any atom is 0.165 e. The van der Waals surface area contributed by atoms with Crippen LogP contribution in [0.5, 0.6) is 17.2 Å². The number of methoxy groups -OCH3 is 1. The summed E-state index contributed by atoms with van der Waals surface area (Å²) in [4.78, 5) is 2.19. The molecule has 1 aliphatic heterocycles. The van der Waals surface area contributed by atoms with Crippen LogP contribution in [0.3, 0.4) is 0 Å². The quantitative estimate of drug-likeness (QED) is 0.512. The highest BCUT2D eigenvalue weighted by Gasteiger charge is 2.17. The van der Waals surface area contributed by atoms with E-state index in [9.17, 15) is 5.11 Å². The highest BCUT2D eigenvalue weighted by molar-refractivity contribution is 5.46. The van der Waals surface area contributed by atoms with E-state index in [4.69, 9.17) is 18.9 Å². The van der Waals surface area contributed by atoms with Gasteiger partial charge in [0.1, 0.15) is 25.1 Å². The normalized spacial score (nSPS) is 15.5. The molecule has 2 aromatic carbocycles. The summed E-state index contributed by atoms with van der Waals surface area (Å²) >= 11 is 0. The number of rotatable bonds is 12. The van der Waals surface area contributed by atoms with Gasteiger partial charge in [0.25, 0.3) is 0 Å². The lowest BCUT2D eigenvalue weighted by Crippen LogP contribution is -2.42. The number of hydrogen-bond donors (Lipinski definition) is 2. The second kappa shape index (κ2) is 12.4. The molecule has 0 aromatic heterocycles. The molecule has 2 aromatic rings. The molecule has 1 fully saturated rings. The van der Waals surface area contributed by atoms with Crippen molar-refractivity contribution in [3.63, 3.8) is 0 Å². The minimum Gasteiger partial charge on any atom is -0.493 e. The van der Waals surface area contributed by atoms with Crippen molar-refractivity contribution < 1.29 is 24.1 Å². The number of morpholine rings is 1. The molecule has 2 N–H and O–H groups in total. The molecular weight excluding hydrogens is 384 g/mol. The monoisotopic (exact) mass is 416 g/mol. The number of β-amino-alcohol motifs (C(OH)–C–C–N with tert-alkyl or cyclic N) is 1. The van der Waals surface area contributed by atoms with Gasteiger partial charge in [0, 0.05) is 38.3 Å². The lowest BCUT2D eigenvalue weighted by molar-refractivity contribution is 0.00436. The topological polar surface area (TPSA) is 72.4 Å². The van der Waals surface area contributed by atoms with Gasteiger partial charge in [0.15, 0.2) is 11.5 Å². The molecule has 1 saturated heterocycles. The molecule has 0 bridgehead atoms. The molecular formula is C23H32N2O5. The van der Waals surface area contributed by atoms with Gasteiger partial charge in [0.2, 0.25) is 0 Å².